The van der Waals surface area contributed by atoms with Gasteiger partial charge < -0.3 is 15.4 Å². The summed E-state index contributed by atoms with van der Waals surface area (Å²) in [5, 5.41) is 0. The molecule has 0 bridgehead atoms. The molecular formula is C16H27N3O4. The first-order valence-electron chi connectivity index (χ1n) is 8.25. The summed E-state index contributed by atoms with van der Waals surface area (Å²) in [5.74, 6) is 0.167. The molecule has 1 aliphatic carbocycles. The Morgan fingerprint density at radius 2 is 2.17 bits per heavy atom. The minimum atomic E-state index is -0.379. The van der Waals surface area contributed by atoms with E-state index in [4.69, 9.17) is 10.5 Å². The van der Waals surface area contributed by atoms with Crippen LogP contribution in [0, 0.1) is 11.8 Å². The summed E-state index contributed by atoms with van der Waals surface area (Å²) in [6, 6.07) is 0. The lowest BCUT2D eigenvalue weighted by molar-refractivity contribution is -0.141. The first-order valence-corrected chi connectivity index (χ1v) is 8.25. The van der Waals surface area contributed by atoms with Crippen molar-refractivity contribution in [2.24, 2.45) is 17.6 Å². The van der Waals surface area contributed by atoms with Crippen molar-refractivity contribution in [3.05, 3.63) is 0 Å². The maximum atomic E-state index is 12.5. The van der Waals surface area contributed by atoms with Gasteiger partial charge in [-0.1, -0.05) is 6.92 Å². The number of morpholine rings is 1. The number of primary amides is 1. The monoisotopic (exact) mass is 325 g/mol. The van der Waals surface area contributed by atoms with E-state index in [1.807, 2.05) is 11.8 Å². The van der Waals surface area contributed by atoms with E-state index >= 15 is 0 Å². The normalized spacial score (nSPS) is 28.4. The summed E-state index contributed by atoms with van der Waals surface area (Å²) in [6.07, 6.45) is 1.75. The summed E-state index contributed by atoms with van der Waals surface area (Å²) in [7, 11) is 1.81. The molecule has 23 heavy (non-hydrogen) atoms. The Morgan fingerprint density at radius 3 is 2.78 bits per heavy atom. The number of rotatable bonds is 6. The molecule has 0 aromatic rings. The first-order chi connectivity index (χ1) is 10.9. The Labute approximate surface area is 137 Å². The highest BCUT2D eigenvalue weighted by molar-refractivity contribution is 5.85. The number of ether oxygens (including phenoxy) is 1. The van der Waals surface area contributed by atoms with E-state index in [1.54, 1.807) is 11.9 Å². The van der Waals surface area contributed by atoms with Crippen LogP contribution < -0.4 is 5.73 Å². The molecule has 7 nitrogen and oxygen atoms in total. The van der Waals surface area contributed by atoms with E-state index in [1.165, 1.54) is 0 Å². The number of nitrogens with two attached hydrogens (primary N) is 1. The highest BCUT2D eigenvalue weighted by Gasteiger charge is 2.34. The summed E-state index contributed by atoms with van der Waals surface area (Å²) in [4.78, 5) is 38.6. The average Bonchev–Trinajstić information content (AvgIpc) is 2.78. The molecule has 3 atom stereocenters. The fourth-order valence-electron chi connectivity index (χ4n) is 3.43. The van der Waals surface area contributed by atoms with E-state index in [9.17, 15) is 14.4 Å². The summed E-state index contributed by atoms with van der Waals surface area (Å²) in [5.41, 5.74) is 5.18. The fraction of sp³-hybridized carbons (Fsp3) is 0.812. The fourth-order valence-corrected chi connectivity index (χ4v) is 3.43. The predicted octanol–water partition coefficient (Wildman–Crippen LogP) is -0.364. The highest BCUT2D eigenvalue weighted by Crippen LogP contribution is 2.31. The number of ketones is 1. The molecule has 2 amide bonds. The van der Waals surface area contributed by atoms with Gasteiger partial charge >= 0.3 is 0 Å². The van der Waals surface area contributed by atoms with Crippen LogP contribution in [0.25, 0.3) is 0 Å². The molecule has 7 heteroatoms. The van der Waals surface area contributed by atoms with E-state index < -0.39 is 0 Å². The van der Waals surface area contributed by atoms with E-state index in [0.717, 1.165) is 6.42 Å². The summed E-state index contributed by atoms with van der Waals surface area (Å²) in [6.45, 7) is 4.27. The molecule has 3 unspecified atom stereocenters. The molecule has 1 heterocycles. The quantitative estimate of drug-likeness (QED) is 0.720. The van der Waals surface area contributed by atoms with E-state index in [2.05, 4.69) is 0 Å². The van der Waals surface area contributed by atoms with Crippen LogP contribution in [0.1, 0.15) is 26.2 Å². The highest BCUT2D eigenvalue weighted by atomic mass is 16.5. The lowest BCUT2D eigenvalue weighted by atomic mass is 9.93. The SMILES string of the molecule is CC1C(=O)CCC1CC(=O)N1CCOC(CN(C)CC(N)=O)C1. The Kier molecular flexibility index (Phi) is 6.12. The van der Waals surface area contributed by atoms with Crippen LogP contribution in [0.15, 0.2) is 0 Å². The topological polar surface area (TPSA) is 92.9 Å². The zero-order valence-electron chi connectivity index (χ0n) is 14.0. The molecule has 0 radical (unpaired) electrons. The number of carbonyl (C=O) groups is 3. The van der Waals surface area contributed by atoms with Crippen LogP contribution >= 0.6 is 0 Å². The Balaban J connectivity index is 1.82. The third kappa shape index (κ3) is 5.00. The van der Waals surface area contributed by atoms with E-state index in [-0.39, 0.29) is 42.1 Å². The van der Waals surface area contributed by atoms with Crippen molar-refractivity contribution in [3.63, 3.8) is 0 Å². The van der Waals surface area contributed by atoms with Crippen LogP contribution in [-0.2, 0) is 19.1 Å². The number of likely N-dealkylation sites (N-methyl/N-ethyl adjacent to an activating group) is 1. The molecule has 2 N–H and O–H groups in total. The van der Waals surface area contributed by atoms with Crippen LogP contribution in [0.2, 0.25) is 0 Å². The number of amides is 2. The van der Waals surface area contributed by atoms with Gasteiger partial charge in [-0.05, 0) is 19.4 Å². The molecule has 130 valence electrons. The number of nitrogens with zero attached hydrogens (tertiary/aromatic N) is 2. The van der Waals surface area contributed by atoms with Gasteiger partial charge in [-0.15, -0.1) is 0 Å². The lowest BCUT2D eigenvalue weighted by Crippen LogP contribution is -2.50. The van der Waals surface area contributed by atoms with Gasteiger partial charge in [0.25, 0.3) is 0 Å². The molecule has 1 saturated heterocycles. The van der Waals surface area contributed by atoms with Crippen molar-refractivity contribution in [1.29, 1.82) is 0 Å². The third-order valence-corrected chi connectivity index (χ3v) is 4.85. The van der Waals surface area contributed by atoms with Crippen molar-refractivity contribution in [2.45, 2.75) is 32.3 Å². The molecule has 0 aromatic carbocycles. The molecule has 1 saturated carbocycles. The second-order valence-corrected chi connectivity index (χ2v) is 6.75. The molecule has 2 aliphatic rings. The Bertz CT molecular complexity index is 468. The van der Waals surface area contributed by atoms with Crippen LogP contribution in [0.3, 0.4) is 0 Å². The van der Waals surface area contributed by atoms with Gasteiger partial charge in [0.2, 0.25) is 11.8 Å². The smallest absolute Gasteiger partial charge is 0.231 e. The van der Waals surface area contributed by atoms with Gasteiger partial charge in [0, 0.05) is 38.4 Å². The van der Waals surface area contributed by atoms with Gasteiger partial charge in [0.05, 0.1) is 19.3 Å². The van der Waals surface area contributed by atoms with E-state index in [0.29, 0.717) is 39.1 Å². The molecule has 2 fully saturated rings. The van der Waals surface area contributed by atoms with Gasteiger partial charge in [0.15, 0.2) is 0 Å². The average molecular weight is 325 g/mol. The van der Waals surface area contributed by atoms with Gasteiger partial charge in [-0.2, -0.15) is 0 Å². The Hall–Kier alpha value is -1.47. The molecule has 1 aliphatic heterocycles. The predicted molar refractivity (Wildman–Crippen MR) is 84.5 cm³/mol. The van der Waals surface area contributed by atoms with Crippen molar-refractivity contribution >= 4 is 17.6 Å². The first kappa shape index (κ1) is 17.9. The maximum absolute atomic E-state index is 12.5. The summed E-state index contributed by atoms with van der Waals surface area (Å²) >= 11 is 0. The van der Waals surface area contributed by atoms with Crippen molar-refractivity contribution < 1.29 is 19.1 Å². The minimum absolute atomic E-state index is 0.00233. The van der Waals surface area contributed by atoms with Crippen molar-refractivity contribution in [2.75, 3.05) is 39.8 Å². The van der Waals surface area contributed by atoms with Crippen molar-refractivity contribution in [1.82, 2.24) is 9.80 Å². The Morgan fingerprint density at radius 1 is 1.43 bits per heavy atom. The standard InChI is InChI=1S/C16H27N3O4/c1-11-12(3-4-14(11)20)7-16(22)19-5-6-23-13(9-19)8-18(2)10-15(17)21/h11-13H,3-10H2,1-2H3,(H2,17,21). The van der Waals surface area contributed by atoms with Crippen LogP contribution in [-0.4, -0.2) is 73.3 Å². The largest absolute Gasteiger partial charge is 0.373 e. The molecule has 2 rings (SSSR count). The lowest BCUT2D eigenvalue weighted by Gasteiger charge is -2.35. The second-order valence-electron chi connectivity index (χ2n) is 6.75. The van der Waals surface area contributed by atoms with Crippen molar-refractivity contribution in [3.8, 4) is 0 Å². The zero-order valence-corrected chi connectivity index (χ0v) is 14.0. The van der Waals surface area contributed by atoms with Crippen LogP contribution in [0.4, 0.5) is 0 Å². The second kappa shape index (κ2) is 7.88. The number of hydrogen-bond donors (Lipinski definition) is 1. The third-order valence-electron chi connectivity index (χ3n) is 4.85. The number of hydrogen-bond acceptors (Lipinski definition) is 5. The minimum Gasteiger partial charge on any atom is -0.373 e. The zero-order chi connectivity index (χ0) is 17.0. The number of Topliss-reactive ketones (excluding diaryl/α,β-unsaturated/α-hetero) is 1. The van der Waals surface area contributed by atoms with Crippen LogP contribution in [0.5, 0.6) is 0 Å². The molecular weight excluding hydrogens is 298 g/mol. The molecule has 0 spiro atoms. The molecule has 0 aromatic heterocycles. The van der Waals surface area contributed by atoms with Gasteiger partial charge in [-0.25, -0.2) is 0 Å². The summed E-state index contributed by atoms with van der Waals surface area (Å²) < 4.78 is 5.68. The van der Waals surface area contributed by atoms with Gasteiger partial charge in [0.1, 0.15) is 5.78 Å². The van der Waals surface area contributed by atoms with Gasteiger partial charge in [-0.3, -0.25) is 19.3 Å². The number of carbonyl (C=O) groups excluding carboxylic acids is 3. The maximum Gasteiger partial charge on any atom is 0.231 e.